The zero-order valence-corrected chi connectivity index (χ0v) is 12.8. The van der Waals surface area contributed by atoms with Gasteiger partial charge in [0.05, 0.1) is 6.54 Å². The summed E-state index contributed by atoms with van der Waals surface area (Å²) in [7, 11) is 0. The number of hydrogen-bond donors (Lipinski definition) is 0. The Labute approximate surface area is 136 Å². The molecule has 0 N–H and O–H groups in total. The fraction of sp³-hybridized carbons (Fsp3) is 0.235. The number of likely N-dealkylation sites (N-methyl/N-ethyl adjacent to an activating group) is 1. The monoisotopic (exact) mass is 338 g/mol. The number of rotatable bonds is 6. The standard InChI is InChI=1S/C17H14F4N2O/c1-2-23(11-6-4-3-5-7-11)8-9-24-17-14(19)12(10-22)13(18)15(20)16(17)21/h3-7H,2,8-9H2,1H3. The molecule has 2 aromatic carbocycles. The Morgan fingerprint density at radius 1 is 1.00 bits per heavy atom. The van der Waals surface area contributed by atoms with Gasteiger partial charge in [0, 0.05) is 12.2 Å². The van der Waals surface area contributed by atoms with Crippen molar-refractivity contribution >= 4 is 5.69 Å². The first-order valence-electron chi connectivity index (χ1n) is 7.20. The second kappa shape index (κ2) is 7.68. The maximum absolute atomic E-state index is 13.9. The lowest BCUT2D eigenvalue weighted by molar-refractivity contribution is 0.279. The molecule has 0 aliphatic carbocycles. The third-order valence-corrected chi connectivity index (χ3v) is 3.45. The van der Waals surface area contributed by atoms with Crippen molar-refractivity contribution in [2.24, 2.45) is 0 Å². The van der Waals surface area contributed by atoms with Gasteiger partial charge in [0.25, 0.3) is 0 Å². The fourth-order valence-corrected chi connectivity index (χ4v) is 2.20. The highest BCUT2D eigenvalue weighted by Crippen LogP contribution is 2.29. The molecule has 7 heteroatoms. The molecule has 0 saturated carbocycles. The minimum atomic E-state index is -1.93. The van der Waals surface area contributed by atoms with Crippen molar-refractivity contribution < 1.29 is 22.3 Å². The molecule has 0 aliphatic heterocycles. The first-order valence-corrected chi connectivity index (χ1v) is 7.20. The van der Waals surface area contributed by atoms with Crippen LogP contribution in [-0.4, -0.2) is 19.7 Å². The van der Waals surface area contributed by atoms with E-state index in [1.165, 1.54) is 0 Å². The molecule has 2 aromatic rings. The predicted octanol–water partition coefficient (Wildman–Crippen LogP) is 4.02. The van der Waals surface area contributed by atoms with Gasteiger partial charge in [-0.25, -0.2) is 13.2 Å². The van der Waals surface area contributed by atoms with E-state index < -0.39 is 34.6 Å². The quantitative estimate of drug-likeness (QED) is 0.453. The predicted molar refractivity (Wildman–Crippen MR) is 80.8 cm³/mol. The summed E-state index contributed by atoms with van der Waals surface area (Å²) in [5, 5.41) is 8.66. The van der Waals surface area contributed by atoms with E-state index in [4.69, 9.17) is 10.00 Å². The third-order valence-electron chi connectivity index (χ3n) is 3.45. The summed E-state index contributed by atoms with van der Waals surface area (Å²) < 4.78 is 59.2. The van der Waals surface area contributed by atoms with Gasteiger partial charge in [0.1, 0.15) is 18.2 Å². The van der Waals surface area contributed by atoms with Gasteiger partial charge in [-0.2, -0.15) is 9.65 Å². The van der Waals surface area contributed by atoms with Gasteiger partial charge < -0.3 is 9.64 Å². The molecular formula is C17H14F4N2O. The summed E-state index contributed by atoms with van der Waals surface area (Å²) in [6.07, 6.45) is 0. The highest BCUT2D eigenvalue weighted by molar-refractivity contribution is 5.46. The number of halogens is 4. The summed E-state index contributed by atoms with van der Waals surface area (Å²) in [4.78, 5) is 1.88. The van der Waals surface area contributed by atoms with E-state index in [0.717, 1.165) is 11.8 Å². The molecule has 0 unspecified atom stereocenters. The lowest BCUT2D eigenvalue weighted by atomic mass is 10.2. The highest BCUT2D eigenvalue weighted by atomic mass is 19.2. The van der Waals surface area contributed by atoms with Crippen LogP contribution in [0.15, 0.2) is 30.3 Å². The number of hydrogen-bond acceptors (Lipinski definition) is 3. The number of nitriles is 1. The topological polar surface area (TPSA) is 36.3 Å². The smallest absolute Gasteiger partial charge is 0.206 e. The summed E-state index contributed by atoms with van der Waals surface area (Å²) in [5.74, 6) is -8.21. The summed E-state index contributed by atoms with van der Waals surface area (Å²) in [6.45, 7) is 2.59. The Balaban J connectivity index is 2.15. The molecular weight excluding hydrogens is 324 g/mol. The van der Waals surface area contributed by atoms with Crippen molar-refractivity contribution in [3.8, 4) is 11.8 Å². The van der Waals surface area contributed by atoms with Crippen LogP contribution in [0.4, 0.5) is 23.2 Å². The molecule has 0 heterocycles. The van der Waals surface area contributed by atoms with E-state index in [1.54, 1.807) is 0 Å². The molecule has 2 rings (SSSR count). The molecule has 0 saturated heterocycles. The average molecular weight is 338 g/mol. The minimum absolute atomic E-state index is 0.174. The van der Waals surface area contributed by atoms with E-state index in [-0.39, 0.29) is 13.2 Å². The van der Waals surface area contributed by atoms with Crippen LogP contribution < -0.4 is 9.64 Å². The van der Waals surface area contributed by atoms with Crippen molar-refractivity contribution in [3.63, 3.8) is 0 Å². The number of benzene rings is 2. The molecule has 24 heavy (non-hydrogen) atoms. The first kappa shape index (κ1) is 17.6. The zero-order valence-electron chi connectivity index (χ0n) is 12.8. The number of para-hydroxylation sites is 1. The van der Waals surface area contributed by atoms with Crippen LogP contribution in [0.1, 0.15) is 12.5 Å². The van der Waals surface area contributed by atoms with Gasteiger partial charge in [-0.1, -0.05) is 18.2 Å². The number of nitrogens with zero attached hydrogens (tertiary/aromatic N) is 2. The van der Waals surface area contributed by atoms with Crippen molar-refractivity contribution in [2.75, 3.05) is 24.6 Å². The third kappa shape index (κ3) is 3.43. The van der Waals surface area contributed by atoms with Crippen molar-refractivity contribution in [2.45, 2.75) is 6.92 Å². The molecule has 0 aromatic heterocycles. The molecule has 126 valence electrons. The van der Waals surface area contributed by atoms with Gasteiger partial charge in [-0.3, -0.25) is 0 Å². The SMILES string of the molecule is CCN(CCOc1c(F)c(F)c(F)c(C#N)c1F)c1ccccc1. The summed E-state index contributed by atoms with van der Waals surface area (Å²) in [5.41, 5.74) is -0.327. The van der Waals surface area contributed by atoms with E-state index in [9.17, 15) is 17.6 Å². The van der Waals surface area contributed by atoms with E-state index in [0.29, 0.717) is 6.54 Å². The Morgan fingerprint density at radius 3 is 2.25 bits per heavy atom. The maximum atomic E-state index is 13.9. The molecule has 0 spiro atoms. The van der Waals surface area contributed by atoms with Crippen LogP contribution in [0.3, 0.4) is 0 Å². The van der Waals surface area contributed by atoms with Crippen LogP contribution in [0.25, 0.3) is 0 Å². The normalized spacial score (nSPS) is 10.3. The maximum Gasteiger partial charge on any atom is 0.206 e. The largest absolute Gasteiger partial charge is 0.486 e. The first-order chi connectivity index (χ1) is 11.5. The highest BCUT2D eigenvalue weighted by Gasteiger charge is 2.26. The van der Waals surface area contributed by atoms with Gasteiger partial charge in [0.2, 0.25) is 5.82 Å². The second-order valence-corrected chi connectivity index (χ2v) is 4.84. The van der Waals surface area contributed by atoms with Crippen molar-refractivity contribution in [3.05, 3.63) is 59.2 Å². The minimum Gasteiger partial charge on any atom is -0.486 e. The van der Waals surface area contributed by atoms with Crippen molar-refractivity contribution in [1.29, 1.82) is 5.26 Å². The van der Waals surface area contributed by atoms with Crippen LogP contribution in [0, 0.1) is 34.6 Å². The fourth-order valence-electron chi connectivity index (χ4n) is 2.20. The zero-order chi connectivity index (χ0) is 17.7. The summed E-state index contributed by atoms with van der Waals surface area (Å²) >= 11 is 0. The van der Waals surface area contributed by atoms with Gasteiger partial charge in [-0.05, 0) is 19.1 Å². The summed E-state index contributed by atoms with van der Waals surface area (Å²) in [6, 6.07) is 10.4. The van der Waals surface area contributed by atoms with Crippen LogP contribution in [0.2, 0.25) is 0 Å². The molecule has 0 radical (unpaired) electrons. The average Bonchev–Trinajstić information content (AvgIpc) is 2.60. The van der Waals surface area contributed by atoms with E-state index in [1.807, 2.05) is 42.2 Å². The Hall–Kier alpha value is -2.75. The van der Waals surface area contributed by atoms with Gasteiger partial charge in [0.15, 0.2) is 23.2 Å². The van der Waals surface area contributed by atoms with Crippen LogP contribution in [0.5, 0.6) is 5.75 Å². The van der Waals surface area contributed by atoms with Crippen LogP contribution >= 0.6 is 0 Å². The van der Waals surface area contributed by atoms with Gasteiger partial charge in [-0.15, -0.1) is 0 Å². The van der Waals surface area contributed by atoms with Gasteiger partial charge >= 0.3 is 0 Å². The molecule has 0 atom stereocenters. The Kier molecular flexibility index (Phi) is 5.64. The lowest BCUT2D eigenvalue weighted by Gasteiger charge is -2.23. The van der Waals surface area contributed by atoms with Crippen molar-refractivity contribution in [1.82, 2.24) is 0 Å². The van der Waals surface area contributed by atoms with E-state index in [2.05, 4.69) is 0 Å². The molecule has 0 fully saturated rings. The number of ether oxygens (including phenoxy) is 1. The molecule has 3 nitrogen and oxygen atoms in total. The second-order valence-electron chi connectivity index (χ2n) is 4.84. The molecule has 0 aliphatic rings. The lowest BCUT2D eigenvalue weighted by Crippen LogP contribution is -2.28. The molecule has 0 bridgehead atoms. The van der Waals surface area contributed by atoms with E-state index >= 15 is 0 Å². The molecule has 0 amide bonds. The number of anilines is 1. The Morgan fingerprint density at radius 2 is 1.67 bits per heavy atom. The van der Waals surface area contributed by atoms with Crippen LogP contribution in [-0.2, 0) is 0 Å². The Bertz CT molecular complexity index is 760.